The number of amides is 2. The molecule has 0 aliphatic carbocycles. The number of nitrogens with zero attached hydrogens (tertiary/aromatic N) is 2. The van der Waals surface area contributed by atoms with Gasteiger partial charge in [-0.05, 0) is 50.8 Å². The van der Waals surface area contributed by atoms with E-state index >= 15 is 0 Å². The van der Waals surface area contributed by atoms with Crippen molar-refractivity contribution in [3.05, 3.63) is 23.8 Å². The van der Waals surface area contributed by atoms with E-state index in [2.05, 4.69) is 5.32 Å². The summed E-state index contributed by atoms with van der Waals surface area (Å²) < 4.78 is 47.8. The van der Waals surface area contributed by atoms with Crippen LogP contribution < -0.4 is 15.1 Å². The van der Waals surface area contributed by atoms with Gasteiger partial charge in [0.05, 0.1) is 43.6 Å². The van der Waals surface area contributed by atoms with Gasteiger partial charge in [-0.15, -0.1) is 0 Å². The summed E-state index contributed by atoms with van der Waals surface area (Å²) in [5.41, 5.74) is 1.90. The number of carbonyl (C=O) groups is 2. The molecule has 0 fully saturated rings. The molecule has 186 valence electrons. The minimum atomic E-state index is -4.20. The summed E-state index contributed by atoms with van der Waals surface area (Å²) in [6.45, 7) is 7.77. The first-order valence-electron chi connectivity index (χ1n) is 11.2. The van der Waals surface area contributed by atoms with E-state index in [0.717, 1.165) is 18.4 Å². The van der Waals surface area contributed by atoms with Crippen molar-refractivity contribution in [3.8, 4) is 0 Å². The molecule has 0 bridgehead atoms. The predicted molar refractivity (Wildman–Crippen MR) is 121 cm³/mol. The summed E-state index contributed by atoms with van der Waals surface area (Å²) in [5, 5.41) is 2.90. The van der Waals surface area contributed by atoms with Crippen LogP contribution in [0.4, 0.5) is 34.1 Å². The van der Waals surface area contributed by atoms with E-state index in [-0.39, 0.29) is 31.2 Å². The smallest absolute Gasteiger partial charge is 0.414 e. The lowest BCUT2D eigenvalue weighted by molar-refractivity contribution is -0.133. The van der Waals surface area contributed by atoms with Crippen molar-refractivity contribution in [2.45, 2.75) is 71.2 Å². The largest absolute Gasteiger partial charge is 0.452 e. The normalized spacial score (nSPS) is 17.1. The summed E-state index contributed by atoms with van der Waals surface area (Å²) in [7, 11) is 1.30. The van der Waals surface area contributed by atoms with E-state index in [1.54, 1.807) is 19.9 Å². The quantitative estimate of drug-likeness (QED) is 0.509. The molecule has 33 heavy (non-hydrogen) atoms. The molecule has 1 aromatic rings. The molecule has 2 atom stereocenters. The molecular weight excluding hydrogens is 439 g/mol. The Balaban J connectivity index is 2.38. The van der Waals surface area contributed by atoms with Crippen molar-refractivity contribution < 1.29 is 32.2 Å². The van der Waals surface area contributed by atoms with Gasteiger partial charge in [0, 0.05) is 13.1 Å². The van der Waals surface area contributed by atoms with Crippen LogP contribution in [-0.4, -0.2) is 57.3 Å². The molecule has 0 aromatic heterocycles. The molecule has 0 saturated heterocycles. The van der Waals surface area contributed by atoms with Crippen LogP contribution in [-0.2, 0) is 9.47 Å². The van der Waals surface area contributed by atoms with E-state index in [1.807, 2.05) is 26.0 Å². The lowest BCUT2D eigenvalue weighted by atomic mass is 9.92. The zero-order valence-corrected chi connectivity index (χ0v) is 19.9. The Morgan fingerprint density at radius 3 is 2.48 bits per heavy atom. The fraction of sp³-hybridized carbons (Fsp3) is 0.652. The van der Waals surface area contributed by atoms with Crippen LogP contribution in [0, 0.1) is 0 Å². The van der Waals surface area contributed by atoms with Crippen LogP contribution >= 0.6 is 0 Å². The molecule has 0 saturated carbocycles. The van der Waals surface area contributed by atoms with Crippen LogP contribution in [0.15, 0.2) is 18.2 Å². The van der Waals surface area contributed by atoms with Crippen LogP contribution in [0.1, 0.15) is 58.4 Å². The number of nitrogens with one attached hydrogen (secondary N) is 1. The number of hydrogen-bond donors (Lipinski definition) is 1. The van der Waals surface area contributed by atoms with Crippen LogP contribution in [0.2, 0.25) is 0 Å². The third-order valence-corrected chi connectivity index (χ3v) is 5.45. The number of rotatable bonds is 8. The van der Waals surface area contributed by atoms with E-state index < -0.39 is 24.8 Å². The van der Waals surface area contributed by atoms with Gasteiger partial charge in [0.1, 0.15) is 0 Å². The first-order chi connectivity index (χ1) is 15.5. The highest BCUT2D eigenvalue weighted by Crippen LogP contribution is 2.39. The SMILES string of the molecule is CCCC(CNCCC(F)(F)F)c1ccc2c(c1)N(C(=O)OC(C)C)CC(C)N2C(=O)OC. The Morgan fingerprint density at radius 2 is 1.91 bits per heavy atom. The predicted octanol–water partition coefficient (Wildman–Crippen LogP) is 5.44. The third-order valence-electron chi connectivity index (χ3n) is 5.45. The Morgan fingerprint density at radius 1 is 1.21 bits per heavy atom. The van der Waals surface area contributed by atoms with E-state index in [9.17, 15) is 22.8 Å². The number of ether oxygens (including phenoxy) is 2. The number of hydrogen-bond acceptors (Lipinski definition) is 5. The Hall–Kier alpha value is -2.49. The minimum Gasteiger partial charge on any atom is -0.452 e. The van der Waals surface area contributed by atoms with E-state index in [1.165, 1.54) is 16.9 Å². The lowest BCUT2D eigenvalue weighted by Gasteiger charge is -2.40. The Kier molecular flexibility index (Phi) is 9.39. The summed E-state index contributed by atoms with van der Waals surface area (Å²) in [4.78, 5) is 28.3. The van der Waals surface area contributed by atoms with Gasteiger partial charge in [-0.2, -0.15) is 13.2 Å². The Labute approximate surface area is 193 Å². The summed E-state index contributed by atoms with van der Waals surface area (Å²) >= 11 is 0. The standard InChI is InChI=1S/C23H34F3N3O4/c1-6-7-18(13-27-11-10-23(24,25)26)17-8-9-19-20(12-17)28(21(30)33-15(2)3)14-16(4)29(19)22(31)32-5/h8-9,12,15-16,18,27H,6-7,10-11,13-14H2,1-5H3. The first-order valence-corrected chi connectivity index (χ1v) is 11.2. The van der Waals surface area contributed by atoms with E-state index in [0.29, 0.717) is 17.9 Å². The van der Waals surface area contributed by atoms with Crippen molar-refractivity contribution in [1.29, 1.82) is 0 Å². The van der Waals surface area contributed by atoms with Gasteiger partial charge >= 0.3 is 18.4 Å². The highest BCUT2D eigenvalue weighted by Gasteiger charge is 2.37. The fourth-order valence-corrected chi connectivity index (χ4v) is 3.95. The summed E-state index contributed by atoms with van der Waals surface area (Å²) in [5.74, 6) is -0.0533. The second-order valence-corrected chi connectivity index (χ2v) is 8.54. The van der Waals surface area contributed by atoms with Crippen molar-refractivity contribution in [1.82, 2.24) is 5.32 Å². The maximum atomic E-state index is 12.8. The van der Waals surface area contributed by atoms with Gasteiger partial charge in [0.2, 0.25) is 0 Å². The molecule has 1 aromatic carbocycles. The second-order valence-electron chi connectivity index (χ2n) is 8.54. The molecule has 10 heteroatoms. The fourth-order valence-electron chi connectivity index (χ4n) is 3.95. The van der Waals surface area contributed by atoms with Gasteiger partial charge in [-0.1, -0.05) is 19.4 Å². The average molecular weight is 474 g/mol. The molecule has 2 rings (SSSR count). The molecule has 2 amide bonds. The number of halogens is 3. The van der Waals surface area contributed by atoms with Crippen LogP contribution in [0.25, 0.3) is 0 Å². The van der Waals surface area contributed by atoms with E-state index in [4.69, 9.17) is 9.47 Å². The van der Waals surface area contributed by atoms with Gasteiger partial charge in [-0.3, -0.25) is 9.80 Å². The third kappa shape index (κ3) is 7.25. The zero-order chi connectivity index (χ0) is 24.8. The van der Waals surface area contributed by atoms with Crippen molar-refractivity contribution in [2.75, 3.05) is 36.5 Å². The van der Waals surface area contributed by atoms with Crippen LogP contribution in [0.5, 0.6) is 0 Å². The first kappa shape index (κ1) is 26.8. The number of alkyl halides is 3. The Bertz CT molecular complexity index is 817. The maximum Gasteiger partial charge on any atom is 0.414 e. The molecule has 1 aliphatic rings. The van der Waals surface area contributed by atoms with Crippen molar-refractivity contribution in [3.63, 3.8) is 0 Å². The summed E-state index contributed by atoms with van der Waals surface area (Å²) in [6, 6.07) is 5.09. The summed E-state index contributed by atoms with van der Waals surface area (Å²) in [6.07, 6.45) is -4.87. The number of methoxy groups -OCH3 is 1. The van der Waals surface area contributed by atoms with Crippen molar-refractivity contribution in [2.24, 2.45) is 0 Å². The number of anilines is 2. The van der Waals surface area contributed by atoms with Crippen molar-refractivity contribution >= 4 is 23.6 Å². The maximum absolute atomic E-state index is 12.8. The number of carbonyl (C=O) groups excluding carboxylic acids is 2. The molecule has 1 aliphatic heterocycles. The molecule has 7 nitrogen and oxygen atoms in total. The highest BCUT2D eigenvalue weighted by atomic mass is 19.4. The molecule has 2 unspecified atom stereocenters. The minimum absolute atomic E-state index is 0.0533. The van der Waals surface area contributed by atoms with Gasteiger partial charge in [0.15, 0.2) is 0 Å². The highest BCUT2D eigenvalue weighted by molar-refractivity contribution is 6.00. The molecule has 0 radical (unpaired) electrons. The lowest BCUT2D eigenvalue weighted by Crippen LogP contribution is -2.52. The molecular formula is C23H34F3N3O4. The average Bonchev–Trinajstić information content (AvgIpc) is 2.73. The van der Waals surface area contributed by atoms with Crippen LogP contribution in [0.3, 0.4) is 0 Å². The number of fused-ring (bicyclic) bond motifs is 1. The van der Waals surface area contributed by atoms with Gasteiger partial charge in [0.25, 0.3) is 0 Å². The zero-order valence-electron chi connectivity index (χ0n) is 19.9. The topological polar surface area (TPSA) is 71.1 Å². The van der Waals surface area contributed by atoms with Gasteiger partial charge in [-0.25, -0.2) is 9.59 Å². The monoisotopic (exact) mass is 473 g/mol. The molecule has 1 heterocycles. The van der Waals surface area contributed by atoms with Gasteiger partial charge < -0.3 is 14.8 Å². The second kappa shape index (κ2) is 11.6. The molecule has 1 N–H and O–H groups in total. The number of benzene rings is 1. The molecule has 0 spiro atoms.